The summed E-state index contributed by atoms with van der Waals surface area (Å²) in [4.78, 5) is 30.1. The second-order valence-electron chi connectivity index (χ2n) is 6.26. The van der Waals surface area contributed by atoms with E-state index in [9.17, 15) is 9.59 Å². The third-order valence-electron chi connectivity index (χ3n) is 4.34. The molecule has 6 nitrogen and oxygen atoms in total. The van der Waals surface area contributed by atoms with E-state index in [2.05, 4.69) is 15.2 Å². The number of nitrogens with one attached hydrogen (secondary N) is 1. The maximum Gasteiger partial charge on any atom is 0.339 e. The molecular weight excluding hydrogens is 330 g/mol. The molecule has 2 aromatic rings. The van der Waals surface area contributed by atoms with Gasteiger partial charge in [0.15, 0.2) is 0 Å². The van der Waals surface area contributed by atoms with Crippen molar-refractivity contribution in [2.45, 2.75) is 32.4 Å². The lowest BCUT2D eigenvalue weighted by molar-refractivity contribution is 0.0525. The molecule has 6 heteroatoms. The molecule has 1 heterocycles. The standard InChI is InChI=1S/C20H23N3O3/c1-3-26-20(25)16-8-11-18(22-12-16)23(17-9-10-17)13-14-4-6-15(7-5-14)19(24)21-2/h4-8,11-12,17H,3,9-10,13H2,1-2H3,(H,21,24). The lowest BCUT2D eigenvalue weighted by Gasteiger charge is -2.24. The fourth-order valence-electron chi connectivity index (χ4n) is 2.78. The van der Waals surface area contributed by atoms with E-state index in [1.807, 2.05) is 30.3 Å². The molecule has 0 aliphatic heterocycles. The molecule has 0 bridgehead atoms. The summed E-state index contributed by atoms with van der Waals surface area (Å²) in [6.07, 6.45) is 3.84. The van der Waals surface area contributed by atoms with Crippen LogP contribution in [0.4, 0.5) is 5.82 Å². The highest BCUT2D eigenvalue weighted by atomic mass is 16.5. The van der Waals surface area contributed by atoms with Crippen LogP contribution in [-0.2, 0) is 11.3 Å². The van der Waals surface area contributed by atoms with E-state index in [4.69, 9.17) is 4.74 Å². The van der Waals surface area contributed by atoms with E-state index >= 15 is 0 Å². The number of hydrogen-bond donors (Lipinski definition) is 1. The highest BCUT2D eigenvalue weighted by Crippen LogP contribution is 2.32. The largest absolute Gasteiger partial charge is 0.462 e. The molecule has 1 fully saturated rings. The van der Waals surface area contributed by atoms with Crippen LogP contribution in [0, 0.1) is 0 Å². The second kappa shape index (κ2) is 7.99. The van der Waals surface area contributed by atoms with Crippen LogP contribution >= 0.6 is 0 Å². The van der Waals surface area contributed by atoms with Gasteiger partial charge in [0.25, 0.3) is 5.91 Å². The van der Waals surface area contributed by atoms with Gasteiger partial charge in [-0.2, -0.15) is 0 Å². The predicted octanol–water partition coefficient (Wildman–Crippen LogP) is 2.79. The van der Waals surface area contributed by atoms with Crippen molar-refractivity contribution >= 4 is 17.7 Å². The highest BCUT2D eigenvalue weighted by Gasteiger charge is 2.30. The number of benzene rings is 1. The first-order valence-electron chi connectivity index (χ1n) is 8.83. The van der Waals surface area contributed by atoms with Crippen molar-refractivity contribution in [1.82, 2.24) is 10.3 Å². The van der Waals surface area contributed by atoms with Crippen LogP contribution in [0.3, 0.4) is 0 Å². The van der Waals surface area contributed by atoms with Crippen molar-refractivity contribution in [2.24, 2.45) is 0 Å². The number of rotatable bonds is 7. The number of amides is 1. The minimum Gasteiger partial charge on any atom is -0.462 e. The Morgan fingerprint density at radius 3 is 2.38 bits per heavy atom. The van der Waals surface area contributed by atoms with Gasteiger partial charge in [0.05, 0.1) is 12.2 Å². The number of anilines is 1. The normalized spacial score (nSPS) is 13.2. The van der Waals surface area contributed by atoms with E-state index in [1.165, 1.54) is 0 Å². The lowest BCUT2D eigenvalue weighted by atomic mass is 10.1. The molecule has 0 radical (unpaired) electrons. The number of aromatic nitrogens is 1. The summed E-state index contributed by atoms with van der Waals surface area (Å²) in [7, 11) is 1.62. The van der Waals surface area contributed by atoms with Gasteiger partial charge in [0.1, 0.15) is 5.82 Å². The van der Waals surface area contributed by atoms with E-state index in [-0.39, 0.29) is 11.9 Å². The monoisotopic (exact) mass is 353 g/mol. The van der Waals surface area contributed by atoms with E-state index in [1.54, 1.807) is 26.2 Å². The maximum atomic E-state index is 11.8. The Bertz CT molecular complexity index is 768. The topological polar surface area (TPSA) is 71.5 Å². The molecule has 1 aliphatic carbocycles. The van der Waals surface area contributed by atoms with Crippen LogP contribution in [0.2, 0.25) is 0 Å². The average Bonchev–Trinajstić information content (AvgIpc) is 3.51. The smallest absolute Gasteiger partial charge is 0.339 e. The van der Waals surface area contributed by atoms with Gasteiger partial charge in [-0.3, -0.25) is 4.79 Å². The van der Waals surface area contributed by atoms with Gasteiger partial charge in [0.2, 0.25) is 0 Å². The SMILES string of the molecule is CCOC(=O)c1ccc(N(Cc2ccc(C(=O)NC)cc2)C2CC2)nc1. The molecule has 1 aliphatic rings. The van der Waals surface area contributed by atoms with Crippen LogP contribution in [0.15, 0.2) is 42.6 Å². The Labute approximate surface area is 153 Å². The molecule has 0 unspecified atom stereocenters. The van der Waals surface area contributed by atoms with Crippen LogP contribution in [0.1, 0.15) is 46.0 Å². The van der Waals surface area contributed by atoms with Gasteiger partial charge in [-0.05, 0) is 49.6 Å². The zero-order chi connectivity index (χ0) is 18.5. The summed E-state index contributed by atoms with van der Waals surface area (Å²) >= 11 is 0. The van der Waals surface area contributed by atoms with Gasteiger partial charge in [0, 0.05) is 31.4 Å². The van der Waals surface area contributed by atoms with Crippen LogP contribution < -0.4 is 10.2 Å². The summed E-state index contributed by atoms with van der Waals surface area (Å²) in [6.45, 7) is 2.84. The molecule has 1 saturated carbocycles. The molecule has 1 aromatic carbocycles. The number of ether oxygens (including phenoxy) is 1. The molecule has 1 amide bonds. The Kier molecular flexibility index (Phi) is 5.51. The van der Waals surface area contributed by atoms with Crippen molar-refractivity contribution in [3.63, 3.8) is 0 Å². The van der Waals surface area contributed by atoms with Crippen molar-refractivity contribution in [3.05, 3.63) is 59.3 Å². The Morgan fingerprint density at radius 1 is 1.15 bits per heavy atom. The van der Waals surface area contributed by atoms with Crippen LogP contribution in [0.5, 0.6) is 0 Å². The third kappa shape index (κ3) is 4.20. The number of carbonyl (C=O) groups excluding carboxylic acids is 2. The first-order valence-corrected chi connectivity index (χ1v) is 8.83. The molecule has 1 N–H and O–H groups in total. The van der Waals surface area contributed by atoms with Gasteiger partial charge < -0.3 is 15.0 Å². The quantitative estimate of drug-likeness (QED) is 0.775. The van der Waals surface area contributed by atoms with Gasteiger partial charge in [-0.25, -0.2) is 9.78 Å². The summed E-state index contributed by atoms with van der Waals surface area (Å²) in [5.74, 6) is 0.400. The van der Waals surface area contributed by atoms with Crippen molar-refractivity contribution in [3.8, 4) is 0 Å². The molecule has 26 heavy (non-hydrogen) atoms. The zero-order valence-corrected chi connectivity index (χ0v) is 15.1. The summed E-state index contributed by atoms with van der Waals surface area (Å²) in [5, 5.41) is 2.62. The minimum atomic E-state index is -0.352. The Hall–Kier alpha value is -2.89. The molecule has 0 spiro atoms. The van der Waals surface area contributed by atoms with Gasteiger partial charge in [-0.15, -0.1) is 0 Å². The van der Waals surface area contributed by atoms with E-state index in [0.717, 1.165) is 24.2 Å². The summed E-state index contributed by atoms with van der Waals surface area (Å²) in [5.41, 5.74) is 2.22. The fraction of sp³-hybridized carbons (Fsp3) is 0.350. The zero-order valence-electron chi connectivity index (χ0n) is 15.1. The van der Waals surface area contributed by atoms with Gasteiger partial charge in [-0.1, -0.05) is 12.1 Å². The van der Waals surface area contributed by atoms with Crippen molar-refractivity contribution in [2.75, 3.05) is 18.6 Å². The first kappa shape index (κ1) is 17.9. The number of hydrogen-bond acceptors (Lipinski definition) is 5. The third-order valence-corrected chi connectivity index (χ3v) is 4.34. The van der Waals surface area contributed by atoms with Crippen LogP contribution in [-0.4, -0.2) is 36.6 Å². The first-order chi connectivity index (χ1) is 12.6. The average molecular weight is 353 g/mol. The Balaban J connectivity index is 1.73. The minimum absolute atomic E-state index is 0.0909. The molecule has 1 aromatic heterocycles. The molecule has 3 rings (SSSR count). The summed E-state index contributed by atoms with van der Waals surface area (Å²) < 4.78 is 5.00. The molecule has 136 valence electrons. The number of nitrogens with zero attached hydrogens (tertiary/aromatic N) is 2. The fourth-order valence-corrected chi connectivity index (χ4v) is 2.78. The Morgan fingerprint density at radius 2 is 1.85 bits per heavy atom. The lowest BCUT2D eigenvalue weighted by Crippen LogP contribution is -2.26. The second-order valence-corrected chi connectivity index (χ2v) is 6.26. The van der Waals surface area contributed by atoms with Crippen molar-refractivity contribution in [1.29, 1.82) is 0 Å². The molecular formula is C20H23N3O3. The number of esters is 1. The van der Waals surface area contributed by atoms with E-state index < -0.39 is 0 Å². The van der Waals surface area contributed by atoms with Crippen LogP contribution in [0.25, 0.3) is 0 Å². The molecule has 0 atom stereocenters. The predicted molar refractivity (Wildman–Crippen MR) is 99.2 cm³/mol. The summed E-state index contributed by atoms with van der Waals surface area (Å²) in [6, 6.07) is 11.7. The van der Waals surface area contributed by atoms with Gasteiger partial charge >= 0.3 is 5.97 Å². The number of carbonyl (C=O) groups is 2. The van der Waals surface area contributed by atoms with Crippen molar-refractivity contribution < 1.29 is 14.3 Å². The number of pyridine rings is 1. The maximum absolute atomic E-state index is 11.8. The van der Waals surface area contributed by atoms with E-state index in [0.29, 0.717) is 30.3 Å². The molecule has 0 saturated heterocycles. The highest BCUT2D eigenvalue weighted by molar-refractivity contribution is 5.94.